The molecule has 96 valence electrons. The van der Waals surface area contributed by atoms with Gasteiger partial charge < -0.3 is 4.90 Å². The van der Waals surface area contributed by atoms with Gasteiger partial charge in [-0.25, -0.2) is 0 Å². The molecule has 0 unspecified atom stereocenters. The van der Waals surface area contributed by atoms with E-state index in [1.807, 2.05) is 0 Å². The number of rotatable bonds is 8. The number of piperidine rings is 1. The van der Waals surface area contributed by atoms with E-state index in [1.54, 1.807) is 0 Å². The molecule has 0 bridgehead atoms. The summed E-state index contributed by atoms with van der Waals surface area (Å²) in [5.41, 5.74) is 0. The van der Waals surface area contributed by atoms with Crippen LogP contribution in [-0.2, 0) is 0 Å². The van der Waals surface area contributed by atoms with E-state index in [1.165, 1.54) is 77.4 Å². The number of hydrogen-bond acceptors (Lipinski definition) is 1. The Morgan fingerprint density at radius 3 is 2.50 bits per heavy atom. The minimum Gasteiger partial charge on any atom is -0.303 e. The minimum atomic E-state index is 1.01. The van der Waals surface area contributed by atoms with Crippen LogP contribution in [0.25, 0.3) is 0 Å². The average Bonchev–Trinajstić information content (AvgIpc) is 2.34. The smallest absolute Gasteiger partial charge is 0.000955 e. The predicted molar refractivity (Wildman–Crippen MR) is 72.8 cm³/mol. The van der Waals surface area contributed by atoms with E-state index in [2.05, 4.69) is 18.7 Å². The summed E-state index contributed by atoms with van der Waals surface area (Å²) in [7, 11) is 0. The molecule has 1 fully saturated rings. The van der Waals surface area contributed by atoms with E-state index >= 15 is 0 Å². The molecular formula is C15H31N. The molecule has 0 spiro atoms. The van der Waals surface area contributed by atoms with Gasteiger partial charge in [-0.3, -0.25) is 0 Å². The highest BCUT2D eigenvalue weighted by molar-refractivity contribution is 4.72. The number of likely N-dealkylation sites (tertiary alicyclic amines) is 1. The quantitative estimate of drug-likeness (QED) is 0.551. The highest BCUT2D eigenvalue weighted by atomic mass is 15.1. The molecule has 1 aliphatic rings. The Kier molecular flexibility index (Phi) is 7.92. The molecule has 1 saturated heterocycles. The van der Waals surface area contributed by atoms with Gasteiger partial charge in [0.2, 0.25) is 0 Å². The number of hydrogen-bond donors (Lipinski definition) is 0. The standard InChI is InChI=1S/C15H31N/c1-3-5-6-7-8-9-11-15-12-10-13-16(4-2)14-15/h15H,3-14H2,1-2H3/t15-/m0/s1. The summed E-state index contributed by atoms with van der Waals surface area (Å²) in [6, 6.07) is 0. The van der Waals surface area contributed by atoms with Crippen molar-refractivity contribution in [1.29, 1.82) is 0 Å². The lowest BCUT2D eigenvalue weighted by Gasteiger charge is -2.31. The van der Waals surface area contributed by atoms with Crippen LogP contribution in [-0.4, -0.2) is 24.5 Å². The second kappa shape index (κ2) is 9.04. The normalized spacial score (nSPS) is 22.5. The molecule has 1 nitrogen and oxygen atoms in total. The zero-order chi connectivity index (χ0) is 11.6. The molecule has 0 aromatic carbocycles. The van der Waals surface area contributed by atoms with Gasteiger partial charge in [0.05, 0.1) is 0 Å². The van der Waals surface area contributed by atoms with E-state index in [4.69, 9.17) is 0 Å². The third kappa shape index (κ3) is 5.89. The van der Waals surface area contributed by atoms with Crippen molar-refractivity contribution in [2.75, 3.05) is 19.6 Å². The molecule has 0 aromatic rings. The van der Waals surface area contributed by atoms with Crippen LogP contribution in [0.15, 0.2) is 0 Å². The first kappa shape index (κ1) is 14.0. The van der Waals surface area contributed by atoms with Gasteiger partial charge in [0, 0.05) is 6.54 Å². The lowest BCUT2D eigenvalue weighted by atomic mass is 9.92. The summed E-state index contributed by atoms with van der Waals surface area (Å²) in [5, 5.41) is 0. The maximum atomic E-state index is 2.63. The SMILES string of the molecule is CCCCCCCC[C@H]1CCCN(CC)C1. The van der Waals surface area contributed by atoms with Gasteiger partial charge in [-0.05, 0) is 38.3 Å². The van der Waals surface area contributed by atoms with Crippen molar-refractivity contribution in [1.82, 2.24) is 4.90 Å². The van der Waals surface area contributed by atoms with Crippen LogP contribution in [0.1, 0.15) is 71.6 Å². The molecule has 1 heteroatoms. The second-order valence-corrected chi connectivity index (χ2v) is 5.46. The molecule has 16 heavy (non-hydrogen) atoms. The van der Waals surface area contributed by atoms with Crippen LogP contribution in [0.5, 0.6) is 0 Å². The topological polar surface area (TPSA) is 3.24 Å². The summed E-state index contributed by atoms with van der Waals surface area (Å²) in [6.45, 7) is 8.58. The summed E-state index contributed by atoms with van der Waals surface area (Å²) in [5.74, 6) is 1.01. The summed E-state index contributed by atoms with van der Waals surface area (Å²) in [6.07, 6.45) is 13.1. The van der Waals surface area contributed by atoms with Crippen molar-refractivity contribution in [2.45, 2.75) is 71.6 Å². The lowest BCUT2D eigenvalue weighted by molar-refractivity contribution is 0.174. The van der Waals surface area contributed by atoms with Gasteiger partial charge >= 0.3 is 0 Å². The van der Waals surface area contributed by atoms with Gasteiger partial charge in [0.25, 0.3) is 0 Å². The van der Waals surface area contributed by atoms with Gasteiger partial charge in [0.15, 0.2) is 0 Å². The largest absolute Gasteiger partial charge is 0.303 e. The molecule has 0 N–H and O–H groups in total. The van der Waals surface area contributed by atoms with Gasteiger partial charge in [-0.15, -0.1) is 0 Å². The van der Waals surface area contributed by atoms with Crippen LogP contribution >= 0.6 is 0 Å². The van der Waals surface area contributed by atoms with Crippen LogP contribution < -0.4 is 0 Å². The van der Waals surface area contributed by atoms with E-state index in [0.717, 1.165) is 5.92 Å². The zero-order valence-corrected chi connectivity index (χ0v) is 11.5. The van der Waals surface area contributed by atoms with E-state index < -0.39 is 0 Å². The van der Waals surface area contributed by atoms with Crippen molar-refractivity contribution in [2.24, 2.45) is 5.92 Å². The highest BCUT2D eigenvalue weighted by Crippen LogP contribution is 2.22. The monoisotopic (exact) mass is 225 g/mol. The van der Waals surface area contributed by atoms with Gasteiger partial charge in [-0.1, -0.05) is 52.4 Å². The van der Waals surface area contributed by atoms with E-state index in [9.17, 15) is 0 Å². The van der Waals surface area contributed by atoms with Gasteiger partial charge in [-0.2, -0.15) is 0 Å². The van der Waals surface area contributed by atoms with Gasteiger partial charge in [0.1, 0.15) is 0 Å². The molecular weight excluding hydrogens is 194 g/mol. The Morgan fingerprint density at radius 1 is 1.00 bits per heavy atom. The Morgan fingerprint density at radius 2 is 1.75 bits per heavy atom. The fourth-order valence-electron chi connectivity index (χ4n) is 2.89. The van der Waals surface area contributed by atoms with Crippen molar-refractivity contribution >= 4 is 0 Å². The maximum absolute atomic E-state index is 2.63. The fraction of sp³-hybridized carbons (Fsp3) is 1.00. The summed E-state index contributed by atoms with van der Waals surface area (Å²) >= 11 is 0. The third-order valence-electron chi connectivity index (χ3n) is 4.02. The van der Waals surface area contributed by atoms with Crippen LogP contribution in [0, 0.1) is 5.92 Å². The van der Waals surface area contributed by atoms with Crippen molar-refractivity contribution in [3.05, 3.63) is 0 Å². The Labute approximate surface area is 103 Å². The minimum absolute atomic E-state index is 1.01. The molecule has 0 saturated carbocycles. The van der Waals surface area contributed by atoms with Crippen LogP contribution in [0.4, 0.5) is 0 Å². The maximum Gasteiger partial charge on any atom is 0.000955 e. The first-order chi connectivity index (χ1) is 7.86. The van der Waals surface area contributed by atoms with E-state index in [0.29, 0.717) is 0 Å². The van der Waals surface area contributed by atoms with Crippen LogP contribution in [0.2, 0.25) is 0 Å². The first-order valence-corrected chi connectivity index (χ1v) is 7.59. The molecule has 0 radical (unpaired) electrons. The molecule has 1 aliphatic heterocycles. The van der Waals surface area contributed by atoms with E-state index in [-0.39, 0.29) is 0 Å². The predicted octanol–water partition coefficient (Wildman–Crippen LogP) is 4.47. The third-order valence-corrected chi connectivity index (χ3v) is 4.02. The van der Waals surface area contributed by atoms with Crippen LogP contribution in [0.3, 0.4) is 0 Å². The van der Waals surface area contributed by atoms with Crippen molar-refractivity contribution in [3.8, 4) is 0 Å². The van der Waals surface area contributed by atoms with Crippen molar-refractivity contribution in [3.63, 3.8) is 0 Å². The number of unbranched alkanes of at least 4 members (excludes halogenated alkanes) is 5. The molecule has 0 aliphatic carbocycles. The number of nitrogens with zero attached hydrogens (tertiary/aromatic N) is 1. The molecule has 0 aromatic heterocycles. The highest BCUT2D eigenvalue weighted by Gasteiger charge is 2.17. The van der Waals surface area contributed by atoms with Crippen molar-refractivity contribution < 1.29 is 0 Å². The lowest BCUT2D eigenvalue weighted by Crippen LogP contribution is -2.35. The zero-order valence-electron chi connectivity index (χ0n) is 11.5. The summed E-state index contributed by atoms with van der Waals surface area (Å²) < 4.78 is 0. The molecule has 1 rings (SSSR count). The average molecular weight is 225 g/mol. The summed E-state index contributed by atoms with van der Waals surface area (Å²) in [4.78, 5) is 2.63. The molecule has 1 heterocycles. The fourth-order valence-corrected chi connectivity index (χ4v) is 2.89. The molecule has 0 amide bonds. The Hall–Kier alpha value is -0.0400. The second-order valence-electron chi connectivity index (χ2n) is 5.46. The Balaban J connectivity index is 1.95. The first-order valence-electron chi connectivity index (χ1n) is 7.59. The Bertz CT molecular complexity index is 156. The molecule has 1 atom stereocenters.